The smallest absolute Gasteiger partial charge is 0.227 e. The minimum Gasteiger partial charge on any atom is -0.504 e. The first kappa shape index (κ1) is 8.05. The maximum absolute atomic E-state index is 11.5. The summed E-state index contributed by atoms with van der Waals surface area (Å²) in [7, 11) is 0. The Morgan fingerprint density at radius 1 is 1.31 bits per heavy atom. The molecule has 0 saturated carbocycles. The summed E-state index contributed by atoms with van der Waals surface area (Å²) >= 11 is 0. The molecule has 0 radical (unpaired) electrons. The molecule has 0 aromatic heterocycles. The van der Waals surface area contributed by atoms with Crippen LogP contribution in [0.25, 0.3) is 0 Å². The lowest BCUT2D eigenvalue weighted by atomic mass is 9.90. The van der Waals surface area contributed by atoms with Gasteiger partial charge in [-0.3, -0.25) is 4.79 Å². The number of fused-ring (bicyclic) bond motifs is 1. The molecule has 66 valence electrons. The predicted octanol–water partition coefficient (Wildman–Crippen LogP) is 2.26. The molecule has 1 aliphatic rings. The molecular formula is C11H10O2. The van der Waals surface area contributed by atoms with E-state index < -0.39 is 0 Å². The van der Waals surface area contributed by atoms with E-state index in [0.29, 0.717) is 12.0 Å². The number of rotatable bonds is 0. The third-order valence-electron chi connectivity index (χ3n) is 2.34. The van der Waals surface area contributed by atoms with E-state index in [-0.39, 0.29) is 11.5 Å². The van der Waals surface area contributed by atoms with Gasteiger partial charge in [0.1, 0.15) is 0 Å². The van der Waals surface area contributed by atoms with Crippen molar-refractivity contribution in [3.63, 3.8) is 0 Å². The molecule has 2 rings (SSSR count). The Balaban J connectivity index is 2.59. The van der Waals surface area contributed by atoms with Gasteiger partial charge >= 0.3 is 0 Å². The Morgan fingerprint density at radius 2 is 2.00 bits per heavy atom. The van der Waals surface area contributed by atoms with E-state index in [1.165, 1.54) is 0 Å². The Kier molecular flexibility index (Phi) is 1.69. The Morgan fingerprint density at radius 3 is 2.77 bits per heavy atom. The maximum Gasteiger partial charge on any atom is 0.227 e. The average molecular weight is 174 g/mol. The van der Waals surface area contributed by atoms with Gasteiger partial charge in [-0.05, 0) is 24.5 Å². The van der Waals surface area contributed by atoms with E-state index in [2.05, 4.69) is 0 Å². The molecule has 1 aliphatic carbocycles. The summed E-state index contributed by atoms with van der Waals surface area (Å²) in [5, 5.41) is 9.42. The summed E-state index contributed by atoms with van der Waals surface area (Å²) in [4.78, 5) is 11.5. The number of ketones is 1. The van der Waals surface area contributed by atoms with Crippen LogP contribution >= 0.6 is 0 Å². The van der Waals surface area contributed by atoms with Gasteiger partial charge in [-0.1, -0.05) is 24.3 Å². The lowest BCUT2D eigenvalue weighted by Crippen LogP contribution is -2.14. The fraction of sp³-hybridized carbons (Fsp3) is 0.182. The van der Waals surface area contributed by atoms with Gasteiger partial charge < -0.3 is 5.11 Å². The van der Waals surface area contributed by atoms with Crippen molar-refractivity contribution < 1.29 is 9.90 Å². The highest BCUT2D eigenvalue weighted by molar-refractivity contribution is 6.09. The fourth-order valence-electron chi connectivity index (χ4n) is 1.59. The SMILES string of the molecule is CC1=C(O)C(=O)c2ccccc2C1. The normalized spacial score (nSPS) is 15.9. The lowest BCUT2D eigenvalue weighted by molar-refractivity contribution is 0.0970. The third-order valence-corrected chi connectivity index (χ3v) is 2.34. The zero-order valence-electron chi connectivity index (χ0n) is 7.37. The summed E-state index contributed by atoms with van der Waals surface area (Å²) in [5.41, 5.74) is 2.39. The summed E-state index contributed by atoms with van der Waals surface area (Å²) in [5.74, 6) is -0.335. The minimum atomic E-state index is -0.251. The quantitative estimate of drug-likeness (QED) is 0.655. The fourth-order valence-corrected chi connectivity index (χ4v) is 1.59. The van der Waals surface area contributed by atoms with Crippen molar-refractivity contribution in [2.24, 2.45) is 0 Å². The number of hydrogen-bond donors (Lipinski definition) is 1. The molecule has 13 heavy (non-hydrogen) atoms. The van der Waals surface area contributed by atoms with Gasteiger partial charge in [0.15, 0.2) is 5.76 Å². The van der Waals surface area contributed by atoms with Crippen molar-refractivity contribution in [3.8, 4) is 0 Å². The first-order chi connectivity index (χ1) is 6.20. The summed E-state index contributed by atoms with van der Waals surface area (Å²) in [6, 6.07) is 7.38. The first-order valence-corrected chi connectivity index (χ1v) is 4.21. The molecule has 0 amide bonds. The number of hydrogen-bond acceptors (Lipinski definition) is 2. The molecule has 0 heterocycles. The monoisotopic (exact) mass is 174 g/mol. The van der Waals surface area contributed by atoms with Crippen molar-refractivity contribution in [1.82, 2.24) is 0 Å². The van der Waals surface area contributed by atoms with Gasteiger partial charge in [-0.25, -0.2) is 0 Å². The highest BCUT2D eigenvalue weighted by atomic mass is 16.3. The van der Waals surface area contributed by atoms with E-state index in [1.807, 2.05) is 18.2 Å². The summed E-state index contributed by atoms with van der Waals surface area (Å²) in [6.45, 7) is 1.78. The predicted molar refractivity (Wildman–Crippen MR) is 49.8 cm³/mol. The molecule has 1 aromatic rings. The van der Waals surface area contributed by atoms with Crippen LogP contribution in [0.1, 0.15) is 22.8 Å². The molecule has 2 heteroatoms. The van der Waals surface area contributed by atoms with E-state index in [0.717, 1.165) is 11.1 Å². The average Bonchev–Trinajstić information content (AvgIpc) is 2.15. The van der Waals surface area contributed by atoms with Crippen LogP contribution in [-0.4, -0.2) is 10.9 Å². The van der Waals surface area contributed by atoms with Crippen molar-refractivity contribution in [2.75, 3.05) is 0 Å². The van der Waals surface area contributed by atoms with Crippen molar-refractivity contribution in [3.05, 3.63) is 46.7 Å². The van der Waals surface area contributed by atoms with Crippen molar-refractivity contribution in [2.45, 2.75) is 13.3 Å². The van der Waals surface area contributed by atoms with Crippen molar-refractivity contribution in [1.29, 1.82) is 0 Å². The highest BCUT2D eigenvalue weighted by Crippen LogP contribution is 2.23. The second-order valence-corrected chi connectivity index (χ2v) is 3.29. The molecule has 0 fully saturated rings. The van der Waals surface area contributed by atoms with Gasteiger partial charge in [0, 0.05) is 5.56 Å². The van der Waals surface area contributed by atoms with Gasteiger partial charge in [0.2, 0.25) is 5.78 Å². The molecular weight excluding hydrogens is 164 g/mol. The number of carbonyl (C=O) groups excluding carboxylic acids is 1. The van der Waals surface area contributed by atoms with E-state index >= 15 is 0 Å². The van der Waals surface area contributed by atoms with Gasteiger partial charge in [0.05, 0.1) is 0 Å². The highest BCUT2D eigenvalue weighted by Gasteiger charge is 2.22. The van der Waals surface area contributed by atoms with Crippen LogP contribution in [0.5, 0.6) is 0 Å². The zero-order chi connectivity index (χ0) is 9.42. The number of benzene rings is 1. The number of aliphatic hydroxyl groups excluding tert-OH is 1. The Hall–Kier alpha value is -1.57. The molecule has 1 N–H and O–H groups in total. The van der Waals surface area contributed by atoms with Crippen LogP contribution in [0.2, 0.25) is 0 Å². The Bertz CT molecular complexity index is 402. The van der Waals surface area contributed by atoms with Crippen LogP contribution in [0, 0.1) is 0 Å². The molecule has 0 atom stereocenters. The zero-order valence-corrected chi connectivity index (χ0v) is 7.37. The Labute approximate surface area is 76.5 Å². The van der Waals surface area contributed by atoms with Gasteiger partial charge in [0.25, 0.3) is 0 Å². The van der Waals surface area contributed by atoms with E-state index in [9.17, 15) is 9.90 Å². The standard InChI is InChI=1S/C11H10O2/c1-7-6-8-4-2-3-5-9(8)11(13)10(7)12/h2-5,12H,6H2,1H3. The number of allylic oxidation sites excluding steroid dienone is 2. The summed E-state index contributed by atoms with van der Waals surface area (Å²) < 4.78 is 0. The van der Waals surface area contributed by atoms with Crippen LogP contribution < -0.4 is 0 Å². The topological polar surface area (TPSA) is 37.3 Å². The van der Waals surface area contributed by atoms with E-state index in [1.54, 1.807) is 13.0 Å². The lowest BCUT2D eigenvalue weighted by Gasteiger charge is -2.15. The van der Waals surface area contributed by atoms with Crippen LogP contribution in [0.15, 0.2) is 35.6 Å². The summed E-state index contributed by atoms with van der Waals surface area (Å²) in [6.07, 6.45) is 0.674. The van der Waals surface area contributed by atoms with Crippen LogP contribution in [0.3, 0.4) is 0 Å². The van der Waals surface area contributed by atoms with Gasteiger partial charge in [-0.2, -0.15) is 0 Å². The first-order valence-electron chi connectivity index (χ1n) is 4.21. The number of carbonyl (C=O) groups is 1. The second kappa shape index (κ2) is 2.73. The molecule has 0 unspecified atom stereocenters. The van der Waals surface area contributed by atoms with Crippen LogP contribution in [0.4, 0.5) is 0 Å². The molecule has 0 aliphatic heterocycles. The molecule has 0 spiro atoms. The molecule has 0 saturated heterocycles. The molecule has 1 aromatic carbocycles. The number of aliphatic hydroxyl groups is 1. The second-order valence-electron chi connectivity index (χ2n) is 3.29. The van der Waals surface area contributed by atoms with Gasteiger partial charge in [-0.15, -0.1) is 0 Å². The number of Topliss-reactive ketones (excluding diaryl/α,β-unsaturated/α-hetero) is 1. The van der Waals surface area contributed by atoms with Crippen LogP contribution in [-0.2, 0) is 6.42 Å². The largest absolute Gasteiger partial charge is 0.504 e. The van der Waals surface area contributed by atoms with Crippen molar-refractivity contribution >= 4 is 5.78 Å². The minimum absolute atomic E-state index is 0.0845. The molecule has 2 nitrogen and oxygen atoms in total. The van der Waals surface area contributed by atoms with E-state index in [4.69, 9.17) is 0 Å². The maximum atomic E-state index is 11.5. The third kappa shape index (κ3) is 1.15. The molecule has 0 bridgehead atoms.